The standard InChI is InChI=1S/C19H26N2O3/c1-11-7-12(2)18-14(10-24-19(18)13(11)3)8-17(22)21-6-5-15(20)16(9-21)23-4/h7,10,15-16H,5-6,8-9,20H2,1-4H3/t15-,16+/m1/s1. The fourth-order valence-electron chi connectivity index (χ4n) is 3.60. The highest BCUT2D eigenvalue weighted by Gasteiger charge is 2.29. The molecule has 130 valence electrons. The quantitative estimate of drug-likeness (QED) is 0.939. The van der Waals surface area contributed by atoms with Gasteiger partial charge in [0, 0.05) is 37.2 Å². The van der Waals surface area contributed by atoms with Gasteiger partial charge < -0.3 is 19.8 Å². The summed E-state index contributed by atoms with van der Waals surface area (Å²) in [7, 11) is 1.65. The third-order valence-electron chi connectivity index (χ3n) is 5.23. The first-order chi connectivity index (χ1) is 11.4. The largest absolute Gasteiger partial charge is 0.464 e. The normalized spacial score (nSPS) is 21.5. The Morgan fingerprint density at radius 1 is 1.38 bits per heavy atom. The molecule has 0 unspecified atom stereocenters. The maximum atomic E-state index is 12.7. The van der Waals surface area contributed by atoms with E-state index in [2.05, 4.69) is 26.8 Å². The van der Waals surface area contributed by atoms with E-state index in [9.17, 15) is 4.79 Å². The van der Waals surface area contributed by atoms with Gasteiger partial charge in [-0.1, -0.05) is 6.07 Å². The number of likely N-dealkylation sites (tertiary alicyclic amines) is 1. The molecule has 24 heavy (non-hydrogen) atoms. The molecular weight excluding hydrogens is 304 g/mol. The first-order valence-corrected chi connectivity index (χ1v) is 8.45. The molecule has 2 N–H and O–H groups in total. The van der Waals surface area contributed by atoms with E-state index < -0.39 is 0 Å². The molecule has 1 aromatic heterocycles. The number of amides is 1. The number of aryl methyl sites for hydroxylation is 3. The van der Waals surface area contributed by atoms with Crippen LogP contribution in [-0.2, 0) is 16.0 Å². The van der Waals surface area contributed by atoms with Crippen LogP contribution in [0.5, 0.6) is 0 Å². The molecule has 1 fully saturated rings. The van der Waals surface area contributed by atoms with Crippen LogP contribution in [0.4, 0.5) is 0 Å². The van der Waals surface area contributed by atoms with Crippen LogP contribution in [-0.4, -0.2) is 43.2 Å². The number of benzene rings is 1. The first-order valence-electron chi connectivity index (χ1n) is 8.45. The maximum absolute atomic E-state index is 12.7. The van der Waals surface area contributed by atoms with Gasteiger partial charge in [-0.05, 0) is 43.9 Å². The highest BCUT2D eigenvalue weighted by molar-refractivity contribution is 5.92. The van der Waals surface area contributed by atoms with Gasteiger partial charge in [-0.3, -0.25) is 4.79 Å². The predicted octanol–water partition coefficient (Wildman–Crippen LogP) is 2.48. The topological polar surface area (TPSA) is 68.7 Å². The van der Waals surface area contributed by atoms with E-state index in [1.54, 1.807) is 13.4 Å². The Morgan fingerprint density at radius 2 is 2.12 bits per heavy atom. The van der Waals surface area contributed by atoms with Gasteiger partial charge in [0.25, 0.3) is 0 Å². The Hall–Kier alpha value is -1.85. The number of fused-ring (bicyclic) bond motifs is 1. The third kappa shape index (κ3) is 2.94. The van der Waals surface area contributed by atoms with Crippen molar-refractivity contribution >= 4 is 16.9 Å². The summed E-state index contributed by atoms with van der Waals surface area (Å²) >= 11 is 0. The molecule has 0 aliphatic carbocycles. The summed E-state index contributed by atoms with van der Waals surface area (Å²) in [5.74, 6) is 0.101. The van der Waals surface area contributed by atoms with Crippen molar-refractivity contribution in [1.82, 2.24) is 4.90 Å². The van der Waals surface area contributed by atoms with Gasteiger partial charge in [-0.25, -0.2) is 0 Å². The first kappa shape index (κ1) is 17.0. The van der Waals surface area contributed by atoms with E-state index in [1.807, 2.05) is 4.90 Å². The van der Waals surface area contributed by atoms with E-state index >= 15 is 0 Å². The van der Waals surface area contributed by atoms with Crippen LogP contribution in [0.2, 0.25) is 0 Å². The molecule has 3 rings (SSSR count). The summed E-state index contributed by atoms with van der Waals surface area (Å²) in [6, 6.07) is 2.16. The second-order valence-electron chi connectivity index (χ2n) is 6.84. The average molecular weight is 330 g/mol. The maximum Gasteiger partial charge on any atom is 0.227 e. The Kier molecular flexibility index (Phi) is 4.65. The van der Waals surface area contributed by atoms with E-state index in [1.165, 1.54) is 5.56 Å². The van der Waals surface area contributed by atoms with E-state index in [-0.39, 0.29) is 18.1 Å². The van der Waals surface area contributed by atoms with Gasteiger partial charge in [0.1, 0.15) is 5.58 Å². The van der Waals surface area contributed by atoms with Crippen LogP contribution in [0.3, 0.4) is 0 Å². The smallest absolute Gasteiger partial charge is 0.227 e. The second kappa shape index (κ2) is 6.57. The number of nitrogens with zero attached hydrogens (tertiary/aromatic N) is 1. The summed E-state index contributed by atoms with van der Waals surface area (Å²) < 4.78 is 11.2. The third-order valence-corrected chi connectivity index (χ3v) is 5.23. The highest BCUT2D eigenvalue weighted by Crippen LogP contribution is 2.30. The summed E-state index contributed by atoms with van der Waals surface area (Å²) in [5.41, 5.74) is 11.4. The molecule has 2 heterocycles. The molecule has 1 amide bonds. The number of piperidine rings is 1. The molecule has 2 atom stereocenters. The molecule has 1 aromatic carbocycles. The van der Waals surface area contributed by atoms with Crippen molar-refractivity contribution in [2.75, 3.05) is 20.2 Å². The molecule has 1 aliphatic heterocycles. The minimum Gasteiger partial charge on any atom is -0.464 e. The average Bonchev–Trinajstić information content (AvgIpc) is 2.97. The van der Waals surface area contributed by atoms with Gasteiger partial charge in [0.15, 0.2) is 0 Å². The van der Waals surface area contributed by atoms with Crippen LogP contribution in [0.15, 0.2) is 16.7 Å². The lowest BCUT2D eigenvalue weighted by Crippen LogP contribution is -2.53. The highest BCUT2D eigenvalue weighted by atomic mass is 16.5. The number of nitrogens with two attached hydrogens (primary N) is 1. The van der Waals surface area contributed by atoms with Crippen LogP contribution in [0, 0.1) is 20.8 Å². The van der Waals surface area contributed by atoms with Crippen LogP contribution in [0.25, 0.3) is 11.0 Å². The van der Waals surface area contributed by atoms with Gasteiger partial charge in [0.2, 0.25) is 5.91 Å². The van der Waals surface area contributed by atoms with E-state index in [0.717, 1.165) is 34.1 Å². The van der Waals surface area contributed by atoms with Crippen molar-refractivity contribution < 1.29 is 13.9 Å². The number of furan rings is 1. The number of carbonyl (C=O) groups is 1. The second-order valence-corrected chi connectivity index (χ2v) is 6.84. The molecule has 0 saturated carbocycles. The van der Waals surface area contributed by atoms with Crippen molar-refractivity contribution in [3.05, 3.63) is 34.6 Å². The Balaban J connectivity index is 1.83. The van der Waals surface area contributed by atoms with Crippen molar-refractivity contribution in [2.24, 2.45) is 5.73 Å². The van der Waals surface area contributed by atoms with E-state index in [0.29, 0.717) is 19.5 Å². The lowest BCUT2D eigenvalue weighted by atomic mass is 9.98. The van der Waals surface area contributed by atoms with Crippen LogP contribution in [0.1, 0.15) is 28.7 Å². The molecule has 0 radical (unpaired) electrons. The van der Waals surface area contributed by atoms with Crippen LogP contribution >= 0.6 is 0 Å². The monoisotopic (exact) mass is 330 g/mol. The minimum atomic E-state index is -0.0876. The lowest BCUT2D eigenvalue weighted by Gasteiger charge is -2.36. The summed E-state index contributed by atoms with van der Waals surface area (Å²) in [6.45, 7) is 7.45. The minimum absolute atomic E-state index is 0.00155. The zero-order valence-corrected chi connectivity index (χ0v) is 14.9. The fourth-order valence-corrected chi connectivity index (χ4v) is 3.60. The molecular formula is C19H26N2O3. The molecule has 0 spiro atoms. The molecule has 1 aliphatic rings. The molecule has 5 heteroatoms. The number of hydrogen-bond donors (Lipinski definition) is 1. The molecule has 5 nitrogen and oxygen atoms in total. The van der Waals surface area contributed by atoms with Crippen molar-refractivity contribution in [2.45, 2.75) is 45.8 Å². The zero-order chi connectivity index (χ0) is 17.4. The zero-order valence-electron chi connectivity index (χ0n) is 14.9. The van der Waals surface area contributed by atoms with E-state index in [4.69, 9.17) is 14.9 Å². The number of hydrogen-bond acceptors (Lipinski definition) is 4. The number of ether oxygens (including phenoxy) is 1. The van der Waals surface area contributed by atoms with Gasteiger partial charge >= 0.3 is 0 Å². The number of rotatable bonds is 3. The fraction of sp³-hybridized carbons (Fsp3) is 0.526. The number of carbonyl (C=O) groups excluding carboxylic acids is 1. The Morgan fingerprint density at radius 3 is 2.83 bits per heavy atom. The molecule has 2 aromatic rings. The van der Waals surface area contributed by atoms with Crippen LogP contribution < -0.4 is 5.73 Å². The Bertz CT molecular complexity index is 766. The van der Waals surface area contributed by atoms with Crippen molar-refractivity contribution in [3.63, 3.8) is 0 Å². The summed E-state index contributed by atoms with van der Waals surface area (Å²) in [5, 5.41) is 1.07. The molecule has 1 saturated heterocycles. The van der Waals surface area contributed by atoms with Crippen molar-refractivity contribution in [1.29, 1.82) is 0 Å². The van der Waals surface area contributed by atoms with Crippen molar-refractivity contribution in [3.8, 4) is 0 Å². The number of methoxy groups -OCH3 is 1. The summed E-state index contributed by atoms with van der Waals surface area (Å²) in [4.78, 5) is 14.6. The predicted molar refractivity (Wildman–Crippen MR) is 94.1 cm³/mol. The summed E-state index contributed by atoms with van der Waals surface area (Å²) in [6.07, 6.45) is 2.76. The van der Waals surface area contributed by atoms with Gasteiger partial charge in [-0.15, -0.1) is 0 Å². The van der Waals surface area contributed by atoms with Gasteiger partial charge in [0.05, 0.1) is 18.8 Å². The Labute approximate surface area is 142 Å². The van der Waals surface area contributed by atoms with Gasteiger partial charge in [-0.2, -0.15) is 0 Å². The SMILES string of the molecule is CO[C@H]1CN(C(=O)Cc2coc3c(C)c(C)cc(C)c23)CC[C@H]1N. The lowest BCUT2D eigenvalue weighted by molar-refractivity contribution is -0.134. The molecule has 0 bridgehead atoms.